The first kappa shape index (κ1) is 15.5. The Morgan fingerprint density at radius 1 is 1.25 bits per heavy atom. The topological polar surface area (TPSA) is 15.3 Å². The highest BCUT2D eigenvalue weighted by Gasteiger charge is 2.09. The normalized spacial score (nSPS) is 12.8. The number of halogens is 1. The monoisotopic (exact) mass is 308 g/mol. The van der Waals surface area contributed by atoms with Crippen LogP contribution in [-0.4, -0.2) is 24.5 Å². The van der Waals surface area contributed by atoms with Gasteiger partial charge in [-0.3, -0.25) is 4.90 Å². The van der Waals surface area contributed by atoms with Crippen LogP contribution >= 0.6 is 22.9 Å². The van der Waals surface area contributed by atoms with Crippen LogP contribution in [0, 0.1) is 0 Å². The number of likely N-dealkylation sites (N-methyl/N-ethyl adjacent to an activating group) is 1. The lowest BCUT2D eigenvalue weighted by Gasteiger charge is -2.25. The molecule has 0 aliphatic rings. The van der Waals surface area contributed by atoms with E-state index in [4.69, 9.17) is 11.6 Å². The van der Waals surface area contributed by atoms with E-state index in [-0.39, 0.29) is 0 Å². The minimum atomic E-state index is 0.491. The Hall–Kier alpha value is -0.870. The molecule has 1 atom stereocenters. The third-order valence-electron chi connectivity index (χ3n) is 3.42. The summed E-state index contributed by atoms with van der Waals surface area (Å²) < 4.78 is 0. The first-order valence-electron chi connectivity index (χ1n) is 6.83. The number of nitrogens with one attached hydrogen (secondary N) is 1. The van der Waals surface area contributed by atoms with Crippen molar-refractivity contribution in [3.05, 3.63) is 57.2 Å². The lowest BCUT2D eigenvalue weighted by atomic mass is 10.2. The van der Waals surface area contributed by atoms with Gasteiger partial charge in [-0.2, -0.15) is 0 Å². The molecule has 108 valence electrons. The second-order valence-electron chi connectivity index (χ2n) is 5.10. The Labute approximate surface area is 130 Å². The van der Waals surface area contributed by atoms with E-state index in [1.807, 2.05) is 12.1 Å². The molecule has 0 radical (unpaired) electrons. The molecule has 0 bridgehead atoms. The molecule has 2 aromatic rings. The van der Waals surface area contributed by atoms with Crippen molar-refractivity contribution >= 4 is 22.9 Å². The average Bonchev–Trinajstić information content (AvgIpc) is 2.94. The number of hydrogen-bond donors (Lipinski definition) is 1. The standard InChI is InChI=1S/C16H21ClN2S/c1-13(10-18-11-16-4-3-9-20-16)19(2)12-14-5-7-15(17)8-6-14/h3-9,13,18H,10-12H2,1-2H3. The summed E-state index contributed by atoms with van der Waals surface area (Å²) in [5.41, 5.74) is 1.29. The van der Waals surface area contributed by atoms with E-state index in [1.165, 1.54) is 10.4 Å². The van der Waals surface area contributed by atoms with Crippen LogP contribution in [0.5, 0.6) is 0 Å². The van der Waals surface area contributed by atoms with E-state index in [9.17, 15) is 0 Å². The van der Waals surface area contributed by atoms with E-state index in [2.05, 4.69) is 53.8 Å². The van der Waals surface area contributed by atoms with Gasteiger partial charge in [0.25, 0.3) is 0 Å². The van der Waals surface area contributed by atoms with Crippen molar-refractivity contribution in [2.45, 2.75) is 26.1 Å². The molecule has 0 saturated carbocycles. The second kappa shape index (κ2) is 7.79. The maximum absolute atomic E-state index is 5.91. The van der Waals surface area contributed by atoms with Crippen LogP contribution in [-0.2, 0) is 13.1 Å². The number of hydrogen-bond acceptors (Lipinski definition) is 3. The van der Waals surface area contributed by atoms with Crippen LogP contribution in [0.1, 0.15) is 17.4 Å². The van der Waals surface area contributed by atoms with Crippen molar-refractivity contribution in [1.82, 2.24) is 10.2 Å². The highest BCUT2D eigenvalue weighted by Crippen LogP contribution is 2.12. The maximum atomic E-state index is 5.91. The summed E-state index contributed by atoms with van der Waals surface area (Å²) >= 11 is 7.70. The number of thiophene rings is 1. The molecule has 0 spiro atoms. The van der Waals surface area contributed by atoms with Crippen LogP contribution in [0.4, 0.5) is 0 Å². The highest BCUT2D eigenvalue weighted by atomic mass is 35.5. The van der Waals surface area contributed by atoms with Crippen LogP contribution in [0.25, 0.3) is 0 Å². The zero-order valence-corrected chi connectivity index (χ0v) is 13.5. The Bertz CT molecular complexity index is 496. The summed E-state index contributed by atoms with van der Waals surface area (Å²) in [7, 11) is 2.16. The molecule has 0 saturated heterocycles. The van der Waals surface area contributed by atoms with Crippen molar-refractivity contribution < 1.29 is 0 Å². The van der Waals surface area contributed by atoms with E-state index in [1.54, 1.807) is 11.3 Å². The van der Waals surface area contributed by atoms with Crippen LogP contribution < -0.4 is 5.32 Å². The summed E-state index contributed by atoms with van der Waals surface area (Å²) in [6.45, 7) is 5.13. The minimum absolute atomic E-state index is 0.491. The van der Waals surface area contributed by atoms with Crippen LogP contribution in [0.15, 0.2) is 41.8 Å². The first-order chi connectivity index (χ1) is 9.65. The third-order valence-corrected chi connectivity index (χ3v) is 4.55. The van der Waals surface area contributed by atoms with Gasteiger partial charge in [-0.1, -0.05) is 29.8 Å². The second-order valence-corrected chi connectivity index (χ2v) is 6.57. The van der Waals surface area contributed by atoms with Gasteiger partial charge in [0.2, 0.25) is 0 Å². The summed E-state index contributed by atoms with van der Waals surface area (Å²) in [6.07, 6.45) is 0. The van der Waals surface area contributed by atoms with Gasteiger partial charge in [0.05, 0.1) is 0 Å². The minimum Gasteiger partial charge on any atom is -0.310 e. The quantitative estimate of drug-likeness (QED) is 0.831. The molecule has 0 fully saturated rings. The zero-order chi connectivity index (χ0) is 14.4. The van der Waals surface area contributed by atoms with Gasteiger partial charge >= 0.3 is 0 Å². The molecule has 0 aliphatic heterocycles. The lowest BCUT2D eigenvalue weighted by Crippen LogP contribution is -2.37. The Morgan fingerprint density at radius 3 is 2.65 bits per heavy atom. The highest BCUT2D eigenvalue weighted by molar-refractivity contribution is 7.09. The van der Waals surface area contributed by atoms with Crippen LogP contribution in [0.3, 0.4) is 0 Å². The molecule has 1 N–H and O–H groups in total. The van der Waals surface area contributed by atoms with Gasteiger partial charge in [-0.25, -0.2) is 0 Å². The molecule has 2 nitrogen and oxygen atoms in total. The Morgan fingerprint density at radius 2 is 2.00 bits per heavy atom. The zero-order valence-electron chi connectivity index (χ0n) is 12.0. The van der Waals surface area contributed by atoms with E-state index < -0.39 is 0 Å². The molecule has 1 heterocycles. The average molecular weight is 309 g/mol. The SMILES string of the molecule is CC(CNCc1cccs1)N(C)Cc1ccc(Cl)cc1. The fraction of sp³-hybridized carbons (Fsp3) is 0.375. The number of benzene rings is 1. The number of nitrogens with zero attached hydrogens (tertiary/aromatic N) is 1. The molecule has 1 aromatic heterocycles. The fourth-order valence-corrected chi connectivity index (χ4v) is 2.81. The number of rotatable bonds is 7. The largest absolute Gasteiger partial charge is 0.310 e. The van der Waals surface area contributed by atoms with Gasteiger partial charge < -0.3 is 5.32 Å². The van der Waals surface area contributed by atoms with Crippen molar-refractivity contribution in [3.8, 4) is 0 Å². The molecule has 1 aromatic carbocycles. The molecule has 20 heavy (non-hydrogen) atoms. The third kappa shape index (κ3) is 4.91. The van der Waals surface area contributed by atoms with Gasteiger partial charge in [-0.05, 0) is 43.1 Å². The first-order valence-corrected chi connectivity index (χ1v) is 8.08. The predicted molar refractivity (Wildman–Crippen MR) is 88.4 cm³/mol. The summed E-state index contributed by atoms with van der Waals surface area (Å²) in [4.78, 5) is 3.74. The van der Waals surface area contributed by atoms with Gasteiger partial charge in [0, 0.05) is 35.6 Å². The smallest absolute Gasteiger partial charge is 0.0406 e. The van der Waals surface area contributed by atoms with Crippen molar-refractivity contribution in [2.24, 2.45) is 0 Å². The molecule has 2 rings (SSSR count). The van der Waals surface area contributed by atoms with Gasteiger partial charge in [0.15, 0.2) is 0 Å². The molecular weight excluding hydrogens is 288 g/mol. The van der Waals surface area contributed by atoms with Crippen molar-refractivity contribution in [3.63, 3.8) is 0 Å². The maximum Gasteiger partial charge on any atom is 0.0406 e. The van der Waals surface area contributed by atoms with Crippen molar-refractivity contribution in [2.75, 3.05) is 13.6 Å². The summed E-state index contributed by atoms with van der Waals surface area (Å²) in [5, 5.41) is 6.42. The molecule has 0 aliphatic carbocycles. The van der Waals surface area contributed by atoms with Crippen molar-refractivity contribution in [1.29, 1.82) is 0 Å². The Balaban J connectivity index is 1.73. The predicted octanol–water partition coefficient (Wildman–Crippen LogP) is 4.01. The summed E-state index contributed by atoms with van der Waals surface area (Å²) in [5.74, 6) is 0. The van der Waals surface area contributed by atoms with E-state index in [0.29, 0.717) is 6.04 Å². The molecule has 0 amide bonds. The molecule has 4 heteroatoms. The fourth-order valence-electron chi connectivity index (χ4n) is 2.01. The lowest BCUT2D eigenvalue weighted by molar-refractivity contribution is 0.242. The van der Waals surface area contributed by atoms with Crippen LogP contribution in [0.2, 0.25) is 5.02 Å². The Kier molecular flexibility index (Phi) is 6.05. The van der Waals surface area contributed by atoms with E-state index >= 15 is 0 Å². The molecular formula is C16H21ClN2S. The molecule has 1 unspecified atom stereocenters. The summed E-state index contributed by atoms with van der Waals surface area (Å²) in [6, 6.07) is 12.8. The van der Waals surface area contributed by atoms with E-state index in [0.717, 1.165) is 24.7 Å². The van der Waals surface area contributed by atoms with Gasteiger partial charge in [-0.15, -0.1) is 11.3 Å². The van der Waals surface area contributed by atoms with Gasteiger partial charge in [0.1, 0.15) is 0 Å².